The van der Waals surface area contributed by atoms with E-state index < -0.39 is 0 Å². The summed E-state index contributed by atoms with van der Waals surface area (Å²) in [5.74, 6) is 5.48. The van der Waals surface area contributed by atoms with Gasteiger partial charge in [-0.25, -0.2) is 0 Å². The SMILES string of the molecule is O=C1COCCN1Cc1cc(C#CCO)cs1. The molecule has 2 rings (SSSR count). The Morgan fingerprint density at radius 1 is 1.59 bits per heavy atom. The summed E-state index contributed by atoms with van der Waals surface area (Å²) in [5.41, 5.74) is 0.889. The minimum atomic E-state index is -0.132. The fraction of sp³-hybridized carbons (Fsp3) is 0.417. The lowest BCUT2D eigenvalue weighted by molar-refractivity contribution is -0.143. The van der Waals surface area contributed by atoms with E-state index in [-0.39, 0.29) is 19.1 Å². The molecule has 1 N–H and O–H groups in total. The first-order valence-corrected chi connectivity index (χ1v) is 6.20. The van der Waals surface area contributed by atoms with Crippen molar-refractivity contribution in [3.8, 4) is 11.8 Å². The highest BCUT2D eigenvalue weighted by Crippen LogP contribution is 2.17. The van der Waals surface area contributed by atoms with E-state index >= 15 is 0 Å². The lowest BCUT2D eigenvalue weighted by Crippen LogP contribution is -2.40. The van der Waals surface area contributed by atoms with E-state index in [9.17, 15) is 4.79 Å². The number of nitrogens with zero attached hydrogens (tertiary/aromatic N) is 1. The quantitative estimate of drug-likeness (QED) is 0.776. The summed E-state index contributed by atoms with van der Waals surface area (Å²) < 4.78 is 5.07. The molecule has 0 unspecified atom stereocenters. The first-order valence-electron chi connectivity index (χ1n) is 5.32. The van der Waals surface area contributed by atoms with Gasteiger partial charge < -0.3 is 14.7 Å². The van der Waals surface area contributed by atoms with Gasteiger partial charge in [0.05, 0.1) is 13.2 Å². The van der Waals surface area contributed by atoms with Crippen LogP contribution in [0.25, 0.3) is 0 Å². The number of hydrogen-bond donors (Lipinski definition) is 1. The Labute approximate surface area is 104 Å². The van der Waals surface area contributed by atoms with Gasteiger partial charge in [0.25, 0.3) is 0 Å². The number of amides is 1. The topological polar surface area (TPSA) is 49.8 Å². The van der Waals surface area contributed by atoms with Gasteiger partial charge in [0.1, 0.15) is 13.2 Å². The highest BCUT2D eigenvalue weighted by molar-refractivity contribution is 7.10. The molecule has 1 aliphatic rings. The van der Waals surface area contributed by atoms with Gasteiger partial charge in [0, 0.05) is 22.4 Å². The number of thiophene rings is 1. The monoisotopic (exact) mass is 251 g/mol. The van der Waals surface area contributed by atoms with Crippen molar-refractivity contribution >= 4 is 17.2 Å². The first-order chi connectivity index (χ1) is 8.29. The number of carbonyl (C=O) groups is 1. The molecule has 0 aromatic carbocycles. The summed E-state index contributed by atoms with van der Waals surface area (Å²) in [7, 11) is 0. The maximum atomic E-state index is 11.5. The molecule has 1 saturated heterocycles. The zero-order chi connectivity index (χ0) is 12.1. The van der Waals surface area contributed by atoms with Crippen LogP contribution in [-0.2, 0) is 16.1 Å². The van der Waals surface area contributed by atoms with Gasteiger partial charge >= 0.3 is 0 Å². The van der Waals surface area contributed by atoms with Crippen LogP contribution in [0.1, 0.15) is 10.4 Å². The molecule has 0 saturated carbocycles. The molecular weight excluding hydrogens is 238 g/mol. The molecule has 1 fully saturated rings. The molecule has 1 amide bonds. The van der Waals surface area contributed by atoms with Crippen LogP contribution < -0.4 is 0 Å². The van der Waals surface area contributed by atoms with Crippen LogP contribution >= 0.6 is 11.3 Å². The summed E-state index contributed by atoms with van der Waals surface area (Å²) in [6, 6.07) is 1.95. The summed E-state index contributed by atoms with van der Waals surface area (Å²) in [5, 5.41) is 10.5. The molecule has 90 valence electrons. The molecule has 1 aromatic rings. The molecule has 0 radical (unpaired) electrons. The minimum absolute atomic E-state index is 0.0349. The highest BCUT2D eigenvalue weighted by Gasteiger charge is 2.18. The van der Waals surface area contributed by atoms with E-state index in [1.165, 1.54) is 0 Å². The summed E-state index contributed by atoms with van der Waals surface area (Å²) >= 11 is 1.58. The number of morpholine rings is 1. The third-order valence-corrected chi connectivity index (χ3v) is 3.32. The van der Waals surface area contributed by atoms with Gasteiger partial charge in [-0.2, -0.15) is 0 Å². The van der Waals surface area contributed by atoms with E-state index in [1.54, 1.807) is 16.2 Å². The molecule has 17 heavy (non-hydrogen) atoms. The van der Waals surface area contributed by atoms with Crippen LogP contribution in [0.3, 0.4) is 0 Å². The standard InChI is InChI=1S/C12H13NO3S/c14-4-1-2-10-6-11(17-9-10)7-13-3-5-16-8-12(13)15/h6,9,14H,3-5,7-8H2. The van der Waals surface area contributed by atoms with E-state index in [1.807, 2.05) is 11.4 Å². The van der Waals surface area contributed by atoms with Gasteiger partial charge in [-0.3, -0.25) is 4.79 Å². The molecule has 0 atom stereocenters. The van der Waals surface area contributed by atoms with Crippen LogP contribution in [0.4, 0.5) is 0 Å². The normalized spacial score (nSPS) is 15.6. The van der Waals surface area contributed by atoms with Gasteiger partial charge in [-0.05, 0) is 6.07 Å². The summed E-state index contributed by atoms with van der Waals surface area (Å²) in [4.78, 5) is 14.4. The zero-order valence-corrected chi connectivity index (χ0v) is 10.1. The Kier molecular flexibility index (Phi) is 4.15. The fourth-order valence-corrected chi connectivity index (χ4v) is 2.41. The van der Waals surface area contributed by atoms with Crippen molar-refractivity contribution < 1.29 is 14.6 Å². The molecule has 0 aliphatic carbocycles. The summed E-state index contributed by atoms with van der Waals surface area (Å²) in [6.07, 6.45) is 0. The maximum absolute atomic E-state index is 11.5. The Hall–Kier alpha value is -1.35. The predicted molar refractivity (Wildman–Crippen MR) is 64.5 cm³/mol. The van der Waals surface area contributed by atoms with E-state index in [4.69, 9.17) is 9.84 Å². The van der Waals surface area contributed by atoms with Crippen LogP contribution in [0.2, 0.25) is 0 Å². The van der Waals surface area contributed by atoms with Crippen molar-refractivity contribution in [2.45, 2.75) is 6.54 Å². The third kappa shape index (κ3) is 3.30. The number of carbonyl (C=O) groups excluding carboxylic acids is 1. The molecule has 5 heteroatoms. The van der Waals surface area contributed by atoms with Gasteiger partial charge in [0.2, 0.25) is 5.91 Å². The van der Waals surface area contributed by atoms with E-state index in [2.05, 4.69) is 11.8 Å². The average Bonchev–Trinajstić information content (AvgIpc) is 2.77. The Morgan fingerprint density at radius 2 is 2.47 bits per heavy atom. The molecule has 0 spiro atoms. The summed E-state index contributed by atoms with van der Waals surface area (Å²) in [6.45, 7) is 1.92. The lowest BCUT2D eigenvalue weighted by Gasteiger charge is -2.26. The maximum Gasteiger partial charge on any atom is 0.248 e. The number of rotatable bonds is 2. The van der Waals surface area contributed by atoms with Gasteiger partial charge in [0.15, 0.2) is 0 Å². The average molecular weight is 251 g/mol. The minimum Gasteiger partial charge on any atom is -0.384 e. The van der Waals surface area contributed by atoms with Gasteiger partial charge in [-0.15, -0.1) is 11.3 Å². The second-order valence-corrected chi connectivity index (χ2v) is 4.63. The fourth-order valence-electron chi connectivity index (χ4n) is 1.58. The third-order valence-electron chi connectivity index (χ3n) is 2.40. The van der Waals surface area contributed by atoms with Crippen LogP contribution in [0, 0.1) is 11.8 Å². The molecule has 1 aliphatic heterocycles. The molecule has 1 aromatic heterocycles. The Morgan fingerprint density at radius 3 is 3.24 bits per heavy atom. The van der Waals surface area contributed by atoms with Crippen molar-refractivity contribution in [1.29, 1.82) is 0 Å². The predicted octanol–water partition coefficient (Wildman–Crippen LogP) is 0.451. The molecule has 2 heterocycles. The largest absolute Gasteiger partial charge is 0.384 e. The lowest BCUT2D eigenvalue weighted by atomic mass is 10.3. The Bertz CT molecular complexity index is 458. The molecule has 4 nitrogen and oxygen atoms in total. The first kappa shape index (κ1) is 12.1. The molecular formula is C12H13NO3S. The zero-order valence-electron chi connectivity index (χ0n) is 9.31. The van der Waals surface area contributed by atoms with Crippen LogP contribution in [0.5, 0.6) is 0 Å². The van der Waals surface area contributed by atoms with Crippen molar-refractivity contribution in [3.63, 3.8) is 0 Å². The van der Waals surface area contributed by atoms with Crippen LogP contribution in [0.15, 0.2) is 11.4 Å². The van der Waals surface area contributed by atoms with Crippen molar-refractivity contribution in [1.82, 2.24) is 4.90 Å². The second kappa shape index (κ2) is 5.82. The van der Waals surface area contributed by atoms with Crippen LogP contribution in [-0.4, -0.2) is 42.3 Å². The van der Waals surface area contributed by atoms with Crippen molar-refractivity contribution in [2.24, 2.45) is 0 Å². The second-order valence-electron chi connectivity index (χ2n) is 3.63. The number of hydrogen-bond acceptors (Lipinski definition) is 4. The van der Waals surface area contributed by atoms with Gasteiger partial charge in [-0.1, -0.05) is 11.8 Å². The number of ether oxygens (including phenoxy) is 1. The molecule has 0 bridgehead atoms. The van der Waals surface area contributed by atoms with Crippen molar-refractivity contribution in [2.75, 3.05) is 26.4 Å². The van der Waals surface area contributed by atoms with E-state index in [0.29, 0.717) is 19.7 Å². The number of aliphatic hydroxyl groups excluding tert-OH is 1. The highest BCUT2D eigenvalue weighted by atomic mass is 32.1. The Balaban J connectivity index is 1.98. The smallest absolute Gasteiger partial charge is 0.248 e. The number of aliphatic hydroxyl groups is 1. The van der Waals surface area contributed by atoms with E-state index in [0.717, 1.165) is 10.4 Å². The van der Waals surface area contributed by atoms with Crippen molar-refractivity contribution in [3.05, 3.63) is 21.9 Å².